The first-order valence-corrected chi connectivity index (χ1v) is 6.44. The number of benzene rings is 1. The Morgan fingerprint density at radius 3 is 2.80 bits per heavy atom. The number of carbonyl (C=O) groups is 1. The van der Waals surface area contributed by atoms with Gasteiger partial charge in [0.15, 0.2) is 0 Å². The third-order valence-electron chi connectivity index (χ3n) is 2.94. The van der Waals surface area contributed by atoms with Crippen LogP contribution in [-0.2, 0) is 17.6 Å². The number of phenols is 1. The number of H-pyrrole nitrogens is 1. The van der Waals surface area contributed by atoms with E-state index in [-0.39, 0.29) is 11.7 Å². The number of imidazole rings is 1. The summed E-state index contributed by atoms with van der Waals surface area (Å²) in [7, 11) is 0. The summed E-state index contributed by atoms with van der Waals surface area (Å²) in [6, 6.07) is 6.07. The van der Waals surface area contributed by atoms with Crippen LogP contribution in [0.4, 0.5) is 0 Å². The van der Waals surface area contributed by atoms with Crippen LogP contribution < -0.4 is 11.1 Å². The average Bonchev–Trinajstić information content (AvgIpc) is 2.94. The van der Waals surface area contributed by atoms with Gasteiger partial charge in [-0.2, -0.15) is 0 Å². The Bertz CT molecular complexity index is 537. The lowest BCUT2D eigenvalue weighted by Gasteiger charge is -2.12. The van der Waals surface area contributed by atoms with Crippen LogP contribution in [0, 0.1) is 0 Å². The molecule has 0 unspecified atom stereocenters. The molecule has 0 aliphatic carbocycles. The second-order valence-corrected chi connectivity index (χ2v) is 4.55. The smallest absolute Gasteiger partial charge is 0.237 e. The van der Waals surface area contributed by atoms with Crippen LogP contribution in [0.25, 0.3) is 0 Å². The zero-order chi connectivity index (χ0) is 14.4. The molecule has 6 heteroatoms. The average molecular weight is 274 g/mol. The maximum atomic E-state index is 11.8. The van der Waals surface area contributed by atoms with Crippen molar-refractivity contribution in [3.05, 3.63) is 48.0 Å². The molecule has 1 amide bonds. The van der Waals surface area contributed by atoms with Gasteiger partial charge >= 0.3 is 0 Å². The molecule has 0 aliphatic heterocycles. The van der Waals surface area contributed by atoms with Crippen molar-refractivity contribution in [1.29, 1.82) is 0 Å². The minimum atomic E-state index is -0.601. The van der Waals surface area contributed by atoms with Gasteiger partial charge in [-0.1, -0.05) is 12.1 Å². The highest BCUT2D eigenvalue weighted by Gasteiger charge is 2.13. The summed E-state index contributed by atoms with van der Waals surface area (Å²) in [6.07, 6.45) is 4.50. The molecule has 0 spiro atoms. The number of aromatic amines is 1. The van der Waals surface area contributed by atoms with Gasteiger partial charge in [-0.05, 0) is 24.1 Å². The molecule has 0 bridgehead atoms. The van der Waals surface area contributed by atoms with E-state index in [1.807, 2.05) is 0 Å². The fourth-order valence-electron chi connectivity index (χ4n) is 1.85. The van der Waals surface area contributed by atoms with Gasteiger partial charge in [0.1, 0.15) is 11.6 Å². The van der Waals surface area contributed by atoms with E-state index in [1.165, 1.54) is 0 Å². The van der Waals surface area contributed by atoms with E-state index in [0.29, 0.717) is 19.4 Å². The van der Waals surface area contributed by atoms with E-state index in [0.717, 1.165) is 11.4 Å². The molecule has 2 rings (SSSR count). The molecule has 0 saturated heterocycles. The maximum absolute atomic E-state index is 11.8. The summed E-state index contributed by atoms with van der Waals surface area (Å²) < 4.78 is 0. The SMILES string of the molecule is N[C@@H](Cc1ccc(O)cc1)C(=O)NCCc1ncc[nH]1. The highest BCUT2D eigenvalue weighted by Crippen LogP contribution is 2.10. The predicted octanol–water partition coefficient (Wildman–Crippen LogP) is 0.344. The molecular formula is C14H18N4O2. The van der Waals surface area contributed by atoms with Crippen molar-refractivity contribution in [3.8, 4) is 5.75 Å². The molecule has 6 nitrogen and oxygen atoms in total. The van der Waals surface area contributed by atoms with Crippen molar-refractivity contribution in [2.75, 3.05) is 6.54 Å². The third-order valence-corrected chi connectivity index (χ3v) is 2.94. The summed E-state index contributed by atoms with van der Waals surface area (Å²) in [5.74, 6) is 0.840. The molecule has 106 valence electrons. The summed E-state index contributed by atoms with van der Waals surface area (Å²) in [5.41, 5.74) is 6.76. The van der Waals surface area contributed by atoms with E-state index in [1.54, 1.807) is 36.7 Å². The lowest BCUT2D eigenvalue weighted by atomic mass is 10.1. The molecule has 0 radical (unpaired) electrons. The third kappa shape index (κ3) is 4.10. The summed E-state index contributed by atoms with van der Waals surface area (Å²) in [4.78, 5) is 18.9. The number of hydrogen-bond donors (Lipinski definition) is 4. The quantitative estimate of drug-likeness (QED) is 0.610. The number of phenolic OH excluding ortho intramolecular Hbond substituents is 1. The molecule has 1 heterocycles. The molecule has 2 aromatic rings. The van der Waals surface area contributed by atoms with E-state index in [2.05, 4.69) is 15.3 Å². The van der Waals surface area contributed by atoms with Crippen molar-refractivity contribution in [2.24, 2.45) is 5.73 Å². The summed E-state index contributed by atoms with van der Waals surface area (Å²) in [5, 5.41) is 12.0. The van der Waals surface area contributed by atoms with Crippen molar-refractivity contribution >= 4 is 5.91 Å². The Morgan fingerprint density at radius 2 is 2.15 bits per heavy atom. The number of aromatic nitrogens is 2. The number of nitrogens with two attached hydrogens (primary N) is 1. The molecule has 5 N–H and O–H groups in total. The van der Waals surface area contributed by atoms with E-state index in [4.69, 9.17) is 5.73 Å². The van der Waals surface area contributed by atoms with Crippen LogP contribution in [0.3, 0.4) is 0 Å². The predicted molar refractivity (Wildman–Crippen MR) is 75.1 cm³/mol. The Balaban J connectivity index is 1.75. The van der Waals surface area contributed by atoms with Gasteiger partial charge in [0.25, 0.3) is 0 Å². The monoisotopic (exact) mass is 274 g/mol. The highest BCUT2D eigenvalue weighted by atomic mass is 16.3. The van der Waals surface area contributed by atoms with Gasteiger partial charge in [-0.3, -0.25) is 4.79 Å². The van der Waals surface area contributed by atoms with Crippen LogP contribution in [0.2, 0.25) is 0 Å². The minimum absolute atomic E-state index is 0.190. The number of carbonyl (C=O) groups excluding carboxylic acids is 1. The topological polar surface area (TPSA) is 104 Å². The number of hydrogen-bond acceptors (Lipinski definition) is 4. The van der Waals surface area contributed by atoms with Gasteiger partial charge in [0, 0.05) is 25.4 Å². The molecule has 0 fully saturated rings. The summed E-state index contributed by atoms with van der Waals surface area (Å²) in [6.45, 7) is 0.496. The van der Waals surface area contributed by atoms with E-state index >= 15 is 0 Å². The Morgan fingerprint density at radius 1 is 1.40 bits per heavy atom. The van der Waals surface area contributed by atoms with Gasteiger partial charge in [0.2, 0.25) is 5.91 Å². The Kier molecular flexibility index (Phi) is 4.73. The lowest BCUT2D eigenvalue weighted by Crippen LogP contribution is -2.42. The largest absolute Gasteiger partial charge is 0.508 e. The van der Waals surface area contributed by atoms with Crippen molar-refractivity contribution < 1.29 is 9.90 Å². The molecule has 20 heavy (non-hydrogen) atoms. The number of nitrogens with one attached hydrogen (secondary N) is 2. The van der Waals surface area contributed by atoms with E-state index in [9.17, 15) is 9.90 Å². The normalized spacial score (nSPS) is 12.1. The first-order chi connectivity index (χ1) is 9.65. The zero-order valence-corrected chi connectivity index (χ0v) is 11.0. The molecular weight excluding hydrogens is 256 g/mol. The molecule has 1 aromatic heterocycles. The second kappa shape index (κ2) is 6.72. The first-order valence-electron chi connectivity index (χ1n) is 6.44. The van der Waals surface area contributed by atoms with Crippen LogP contribution in [0.5, 0.6) is 5.75 Å². The Labute approximate surface area is 117 Å². The van der Waals surface area contributed by atoms with E-state index < -0.39 is 6.04 Å². The van der Waals surface area contributed by atoms with Crippen molar-refractivity contribution in [1.82, 2.24) is 15.3 Å². The van der Waals surface area contributed by atoms with Crippen LogP contribution in [0.15, 0.2) is 36.7 Å². The minimum Gasteiger partial charge on any atom is -0.508 e. The van der Waals surface area contributed by atoms with Gasteiger partial charge in [-0.25, -0.2) is 4.98 Å². The van der Waals surface area contributed by atoms with Crippen LogP contribution in [-0.4, -0.2) is 33.6 Å². The van der Waals surface area contributed by atoms with Gasteiger partial charge in [-0.15, -0.1) is 0 Å². The number of amides is 1. The maximum Gasteiger partial charge on any atom is 0.237 e. The van der Waals surface area contributed by atoms with Gasteiger partial charge < -0.3 is 21.1 Å². The standard InChI is InChI=1S/C14H18N4O2/c15-12(9-10-1-3-11(19)4-2-10)14(20)18-6-5-13-16-7-8-17-13/h1-4,7-8,12,19H,5-6,9,15H2,(H,16,17)(H,18,20)/t12-/m0/s1. The molecule has 1 aromatic carbocycles. The van der Waals surface area contributed by atoms with Crippen molar-refractivity contribution in [3.63, 3.8) is 0 Å². The zero-order valence-electron chi connectivity index (χ0n) is 11.0. The van der Waals surface area contributed by atoms with Crippen LogP contribution >= 0.6 is 0 Å². The molecule has 0 aliphatic rings. The van der Waals surface area contributed by atoms with Crippen molar-refractivity contribution in [2.45, 2.75) is 18.9 Å². The fourth-order valence-corrected chi connectivity index (χ4v) is 1.85. The summed E-state index contributed by atoms with van der Waals surface area (Å²) >= 11 is 0. The number of aromatic hydroxyl groups is 1. The first kappa shape index (κ1) is 14.1. The Hall–Kier alpha value is -2.34. The highest BCUT2D eigenvalue weighted by molar-refractivity contribution is 5.81. The number of rotatable bonds is 6. The lowest BCUT2D eigenvalue weighted by molar-refractivity contribution is -0.122. The fraction of sp³-hybridized carbons (Fsp3) is 0.286. The number of nitrogens with zero attached hydrogens (tertiary/aromatic N) is 1. The molecule has 0 saturated carbocycles. The van der Waals surface area contributed by atoms with Gasteiger partial charge in [0.05, 0.1) is 6.04 Å². The second-order valence-electron chi connectivity index (χ2n) is 4.55. The molecule has 1 atom stereocenters. The van der Waals surface area contributed by atoms with Crippen LogP contribution in [0.1, 0.15) is 11.4 Å².